The minimum absolute atomic E-state index is 0.151. The second-order valence-electron chi connectivity index (χ2n) is 7.11. The molecule has 30 heavy (non-hydrogen) atoms. The summed E-state index contributed by atoms with van der Waals surface area (Å²) in [6.07, 6.45) is 1.73. The summed E-state index contributed by atoms with van der Waals surface area (Å²) in [5.41, 5.74) is 1.43. The van der Waals surface area contributed by atoms with Gasteiger partial charge >= 0.3 is 0 Å². The Labute approximate surface area is 182 Å². The summed E-state index contributed by atoms with van der Waals surface area (Å²) in [6, 6.07) is 11.9. The minimum atomic E-state index is -3.47. The number of amides is 1. The first kappa shape index (κ1) is 22.2. The Hall–Kier alpha value is -2.45. The maximum Gasteiger partial charge on any atom is 0.232 e. The largest absolute Gasteiger partial charge is 0.486 e. The van der Waals surface area contributed by atoms with Crippen molar-refractivity contribution in [3.63, 3.8) is 0 Å². The van der Waals surface area contributed by atoms with Gasteiger partial charge in [0.2, 0.25) is 15.9 Å². The molecule has 1 aliphatic heterocycles. The number of nitrogens with one attached hydrogen (secondary N) is 1. The van der Waals surface area contributed by atoms with Crippen LogP contribution < -0.4 is 19.1 Å². The average molecular weight is 453 g/mol. The van der Waals surface area contributed by atoms with Gasteiger partial charge in [-0.2, -0.15) is 0 Å². The van der Waals surface area contributed by atoms with Crippen LogP contribution in [0.4, 0.5) is 5.69 Å². The molecule has 1 N–H and O–H groups in total. The molecule has 1 heterocycles. The number of carbonyl (C=O) groups excluding carboxylic acids is 1. The van der Waals surface area contributed by atoms with Crippen molar-refractivity contribution in [3.05, 3.63) is 53.1 Å². The summed E-state index contributed by atoms with van der Waals surface area (Å²) in [7, 11) is -3.47. The molecule has 0 aromatic heterocycles. The Morgan fingerprint density at radius 2 is 1.80 bits per heavy atom. The molecule has 0 bridgehead atoms. The summed E-state index contributed by atoms with van der Waals surface area (Å²) in [5.74, 6) is 1.22. The zero-order chi connectivity index (χ0) is 21.7. The Morgan fingerprint density at radius 3 is 2.47 bits per heavy atom. The summed E-state index contributed by atoms with van der Waals surface area (Å²) < 4.78 is 36.7. The number of ether oxygens (including phenoxy) is 2. The molecule has 1 aliphatic rings. The highest BCUT2D eigenvalue weighted by molar-refractivity contribution is 7.92. The van der Waals surface area contributed by atoms with E-state index < -0.39 is 10.0 Å². The fraction of sp³-hybridized carbons (Fsp3) is 0.381. The lowest BCUT2D eigenvalue weighted by Gasteiger charge is -2.23. The van der Waals surface area contributed by atoms with Gasteiger partial charge in [0.25, 0.3) is 0 Å². The van der Waals surface area contributed by atoms with Crippen molar-refractivity contribution < 1.29 is 22.7 Å². The predicted octanol–water partition coefficient (Wildman–Crippen LogP) is 3.53. The highest BCUT2D eigenvalue weighted by atomic mass is 35.5. The van der Waals surface area contributed by atoms with Gasteiger partial charge in [-0.15, -0.1) is 0 Å². The molecule has 0 aliphatic carbocycles. The molecule has 0 unspecified atom stereocenters. The monoisotopic (exact) mass is 452 g/mol. The number of hydrogen-bond donors (Lipinski definition) is 1. The molecular weight excluding hydrogens is 428 g/mol. The van der Waals surface area contributed by atoms with Crippen molar-refractivity contribution in [2.75, 3.05) is 30.3 Å². The van der Waals surface area contributed by atoms with Crippen LogP contribution in [-0.2, 0) is 14.8 Å². The van der Waals surface area contributed by atoms with Gasteiger partial charge in [0.1, 0.15) is 13.2 Å². The lowest BCUT2D eigenvalue weighted by atomic mass is 10.1. The van der Waals surface area contributed by atoms with Gasteiger partial charge in [0.15, 0.2) is 11.5 Å². The normalized spacial score (nSPS) is 14.1. The standard InChI is InChI=1S/C21H25ClN2O5S/c1-15(16-5-10-19-20(14-16)29-13-12-28-19)23-21(25)4-3-11-24(30(2,26)27)18-8-6-17(22)7-9-18/h5-10,14-15H,3-4,11-13H2,1-2H3,(H,23,25)/t15-/m0/s1. The van der Waals surface area contributed by atoms with E-state index in [1.165, 1.54) is 4.31 Å². The molecule has 162 valence electrons. The number of hydrogen-bond acceptors (Lipinski definition) is 5. The van der Waals surface area contributed by atoms with Crippen LogP contribution in [0.3, 0.4) is 0 Å². The van der Waals surface area contributed by atoms with E-state index >= 15 is 0 Å². The van der Waals surface area contributed by atoms with Crippen molar-refractivity contribution in [2.24, 2.45) is 0 Å². The topological polar surface area (TPSA) is 84.9 Å². The SMILES string of the molecule is C[C@H](NC(=O)CCCN(c1ccc(Cl)cc1)S(C)(=O)=O)c1ccc2c(c1)OCCO2. The van der Waals surface area contributed by atoms with Gasteiger partial charge in [0, 0.05) is 18.0 Å². The zero-order valence-electron chi connectivity index (χ0n) is 16.9. The molecule has 3 rings (SSSR count). The van der Waals surface area contributed by atoms with Gasteiger partial charge in [-0.1, -0.05) is 17.7 Å². The number of anilines is 1. The van der Waals surface area contributed by atoms with Crippen molar-refractivity contribution in [1.29, 1.82) is 0 Å². The Balaban J connectivity index is 1.55. The number of sulfonamides is 1. The molecule has 0 spiro atoms. The first-order chi connectivity index (χ1) is 14.2. The second kappa shape index (κ2) is 9.57. The van der Waals surface area contributed by atoms with E-state index in [1.807, 2.05) is 25.1 Å². The second-order valence-corrected chi connectivity index (χ2v) is 9.45. The molecule has 7 nitrogen and oxygen atoms in total. The van der Waals surface area contributed by atoms with Gasteiger partial charge in [-0.3, -0.25) is 9.10 Å². The van der Waals surface area contributed by atoms with Crippen LogP contribution in [0, 0.1) is 0 Å². The molecule has 0 saturated heterocycles. The van der Waals surface area contributed by atoms with Gasteiger partial charge in [-0.05, 0) is 55.3 Å². The van der Waals surface area contributed by atoms with Gasteiger partial charge in [0.05, 0.1) is 18.0 Å². The summed E-state index contributed by atoms with van der Waals surface area (Å²) in [5, 5.41) is 3.47. The number of fused-ring (bicyclic) bond motifs is 1. The molecule has 1 atom stereocenters. The first-order valence-electron chi connectivity index (χ1n) is 9.66. The van der Waals surface area contributed by atoms with Crippen LogP contribution in [0.5, 0.6) is 11.5 Å². The van der Waals surface area contributed by atoms with E-state index in [-0.39, 0.29) is 24.9 Å². The number of rotatable bonds is 8. The number of benzene rings is 2. The third-order valence-electron chi connectivity index (χ3n) is 4.72. The van der Waals surface area contributed by atoms with Crippen molar-refractivity contribution in [2.45, 2.75) is 25.8 Å². The first-order valence-corrected chi connectivity index (χ1v) is 11.9. The highest BCUT2D eigenvalue weighted by Crippen LogP contribution is 2.32. The number of nitrogens with zero attached hydrogens (tertiary/aromatic N) is 1. The summed E-state index contributed by atoms with van der Waals surface area (Å²) in [4.78, 5) is 12.4. The molecule has 0 fully saturated rings. The fourth-order valence-corrected chi connectivity index (χ4v) is 4.29. The van der Waals surface area contributed by atoms with E-state index in [2.05, 4.69) is 5.32 Å². The van der Waals surface area contributed by atoms with E-state index in [1.54, 1.807) is 24.3 Å². The minimum Gasteiger partial charge on any atom is -0.486 e. The average Bonchev–Trinajstić information content (AvgIpc) is 2.71. The van der Waals surface area contributed by atoms with E-state index in [0.29, 0.717) is 41.8 Å². The zero-order valence-corrected chi connectivity index (χ0v) is 18.5. The van der Waals surface area contributed by atoms with E-state index in [0.717, 1.165) is 11.8 Å². The van der Waals surface area contributed by atoms with Gasteiger partial charge < -0.3 is 14.8 Å². The molecule has 0 radical (unpaired) electrons. The Morgan fingerprint density at radius 1 is 1.13 bits per heavy atom. The van der Waals surface area contributed by atoms with Crippen molar-refractivity contribution in [3.8, 4) is 11.5 Å². The third kappa shape index (κ3) is 5.79. The summed E-state index contributed by atoms with van der Waals surface area (Å²) in [6.45, 7) is 3.12. The predicted molar refractivity (Wildman–Crippen MR) is 117 cm³/mol. The lowest BCUT2D eigenvalue weighted by Crippen LogP contribution is -2.32. The molecule has 0 saturated carbocycles. The lowest BCUT2D eigenvalue weighted by molar-refractivity contribution is -0.121. The van der Waals surface area contributed by atoms with Crippen LogP contribution in [0.15, 0.2) is 42.5 Å². The van der Waals surface area contributed by atoms with Gasteiger partial charge in [-0.25, -0.2) is 8.42 Å². The van der Waals surface area contributed by atoms with Crippen molar-refractivity contribution >= 4 is 33.2 Å². The van der Waals surface area contributed by atoms with Crippen LogP contribution in [-0.4, -0.2) is 40.3 Å². The van der Waals surface area contributed by atoms with Crippen LogP contribution >= 0.6 is 11.6 Å². The van der Waals surface area contributed by atoms with E-state index in [9.17, 15) is 13.2 Å². The van der Waals surface area contributed by atoms with Crippen LogP contribution in [0.2, 0.25) is 5.02 Å². The van der Waals surface area contributed by atoms with Crippen LogP contribution in [0.25, 0.3) is 0 Å². The number of halogens is 1. The highest BCUT2D eigenvalue weighted by Gasteiger charge is 2.19. The molecule has 1 amide bonds. The Bertz CT molecular complexity index is 995. The number of carbonyl (C=O) groups is 1. The Kier molecular flexibility index (Phi) is 7.10. The molecule has 9 heteroatoms. The molecular formula is C21H25ClN2O5S. The maximum absolute atomic E-state index is 12.4. The quantitative estimate of drug-likeness (QED) is 0.662. The molecule has 2 aromatic carbocycles. The maximum atomic E-state index is 12.4. The van der Waals surface area contributed by atoms with Crippen molar-refractivity contribution in [1.82, 2.24) is 5.32 Å². The van der Waals surface area contributed by atoms with Crippen LogP contribution in [0.1, 0.15) is 31.4 Å². The smallest absolute Gasteiger partial charge is 0.232 e. The third-order valence-corrected chi connectivity index (χ3v) is 6.17. The fourth-order valence-electron chi connectivity index (χ4n) is 3.20. The molecule has 2 aromatic rings. The summed E-state index contributed by atoms with van der Waals surface area (Å²) >= 11 is 5.88. The van der Waals surface area contributed by atoms with E-state index in [4.69, 9.17) is 21.1 Å².